The molecule has 9 heteroatoms. The number of benzene rings is 2. The van der Waals surface area contributed by atoms with E-state index in [0.29, 0.717) is 16.1 Å². The summed E-state index contributed by atoms with van der Waals surface area (Å²) >= 11 is 5.96. The Kier molecular flexibility index (Phi) is 8.74. The predicted molar refractivity (Wildman–Crippen MR) is 118 cm³/mol. The summed E-state index contributed by atoms with van der Waals surface area (Å²) in [6.45, 7) is 2.78. The van der Waals surface area contributed by atoms with Gasteiger partial charge in [0.05, 0.1) is 18.6 Å². The Labute approximate surface area is 190 Å². The molecule has 0 unspecified atom stereocenters. The van der Waals surface area contributed by atoms with E-state index in [9.17, 15) is 23.9 Å². The summed E-state index contributed by atoms with van der Waals surface area (Å²) in [5.74, 6) is -3.20. The van der Waals surface area contributed by atoms with Crippen molar-refractivity contribution in [3.05, 3.63) is 58.9 Å². The highest BCUT2D eigenvalue weighted by Crippen LogP contribution is 2.28. The van der Waals surface area contributed by atoms with Crippen molar-refractivity contribution in [1.29, 1.82) is 0 Å². The summed E-state index contributed by atoms with van der Waals surface area (Å²) < 4.78 is 19.2. The summed E-state index contributed by atoms with van der Waals surface area (Å²) in [5, 5.41) is 12.7. The predicted octanol–water partition coefficient (Wildman–Crippen LogP) is 2.61. The van der Waals surface area contributed by atoms with Crippen molar-refractivity contribution in [3.8, 4) is 11.1 Å². The first-order valence-electron chi connectivity index (χ1n) is 10.0. The fraction of sp³-hybridized carbons (Fsp3) is 0.348. The minimum atomic E-state index is -1.30. The second kappa shape index (κ2) is 11.1. The number of hydrogen-bond acceptors (Lipinski definition) is 5. The molecule has 0 fully saturated rings. The number of esters is 1. The fourth-order valence-corrected chi connectivity index (χ4v) is 3.49. The van der Waals surface area contributed by atoms with E-state index >= 15 is 0 Å². The summed E-state index contributed by atoms with van der Waals surface area (Å²) in [6.07, 6.45) is 0.234. The molecule has 2 aromatic rings. The van der Waals surface area contributed by atoms with E-state index in [1.807, 2.05) is 0 Å². The Morgan fingerprint density at radius 2 is 1.88 bits per heavy atom. The fourth-order valence-electron chi connectivity index (χ4n) is 3.32. The van der Waals surface area contributed by atoms with Crippen LogP contribution >= 0.6 is 11.6 Å². The number of hydrogen-bond donors (Lipinski definition) is 3. The molecule has 0 saturated heterocycles. The van der Waals surface area contributed by atoms with Gasteiger partial charge in [0.25, 0.3) is 0 Å². The molecule has 0 heterocycles. The maximum absolute atomic E-state index is 14.1. The van der Waals surface area contributed by atoms with E-state index < -0.39 is 41.7 Å². The molecule has 2 rings (SSSR count). The Morgan fingerprint density at radius 3 is 2.44 bits per heavy atom. The van der Waals surface area contributed by atoms with Gasteiger partial charge in [-0.3, -0.25) is 14.4 Å². The van der Waals surface area contributed by atoms with E-state index in [2.05, 4.69) is 5.32 Å². The lowest BCUT2D eigenvalue weighted by Crippen LogP contribution is -2.47. The van der Waals surface area contributed by atoms with Crippen LogP contribution in [0.3, 0.4) is 0 Å². The average molecular weight is 465 g/mol. The number of halogens is 2. The Morgan fingerprint density at radius 1 is 1.22 bits per heavy atom. The first-order valence-corrected chi connectivity index (χ1v) is 10.4. The van der Waals surface area contributed by atoms with E-state index in [4.69, 9.17) is 22.1 Å². The third kappa shape index (κ3) is 6.51. The molecular weight excluding hydrogens is 439 g/mol. The lowest BCUT2D eigenvalue weighted by atomic mass is 9.82. The highest BCUT2D eigenvalue weighted by atomic mass is 35.5. The second-order valence-corrected chi connectivity index (χ2v) is 8.14. The Balaban J connectivity index is 2.26. The average Bonchev–Trinajstić information content (AvgIpc) is 2.76. The van der Waals surface area contributed by atoms with Crippen LogP contribution in [-0.4, -0.2) is 42.1 Å². The number of nitrogens with one attached hydrogen (secondary N) is 1. The zero-order valence-electron chi connectivity index (χ0n) is 17.9. The smallest absolute Gasteiger partial charge is 0.314 e. The van der Waals surface area contributed by atoms with Gasteiger partial charge in [0.1, 0.15) is 5.82 Å². The molecule has 2 atom stereocenters. The van der Waals surface area contributed by atoms with Crippen LogP contribution in [0.15, 0.2) is 42.5 Å². The molecule has 0 aliphatic heterocycles. The molecule has 0 aromatic heterocycles. The van der Waals surface area contributed by atoms with Crippen molar-refractivity contribution in [2.45, 2.75) is 32.7 Å². The highest BCUT2D eigenvalue weighted by Gasteiger charge is 2.37. The van der Waals surface area contributed by atoms with E-state index in [1.54, 1.807) is 31.2 Å². The maximum Gasteiger partial charge on any atom is 0.314 e. The van der Waals surface area contributed by atoms with Crippen molar-refractivity contribution in [1.82, 2.24) is 5.32 Å². The summed E-state index contributed by atoms with van der Waals surface area (Å²) in [4.78, 5) is 35.5. The first kappa shape index (κ1) is 25.3. The van der Waals surface area contributed by atoms with Crippen molar-refractivity contribution < 1.29 is 28.6 Å². The molecule has 4 N–H and O–H groups in total. The molecule has 0 saturated carbocycles. The van der Waals surface area contributed by atoms with Gasteiger partial charge >= 0.3 is 17.8 Å². The number of carbonyl (C=O) groups is 3. The maximum atomic E-state index is 14.1. The summed E-state index contributed by atoms with van der Waals surface area (Å²) in [6, 6.07) is 10.4. The number of ether oxygens (including phenoxy) is 1. The van der Waals surface area contributed by atoms with Gasteiger partial charge in [-0.25, -0.2) is 4.39 Å². The molecule has 0 radical (unpaired) electrons. The standard InChI is InChI=1S/C23H26ClFN2O5/c1-3-32-22(31)23(2,13-28)12-17(27-21(30)20(26)29)10-14-4-6-15(7-5-14)18-11-16(24)8-9-19(18)25/h4-9,11,17,28H,3,10,12-13H2,1-2H3,(H2,26,29)(H,27,30)/t17-,23+/m1/s1. The minimum Gasteiger partial charge on any atom is -0.466 e. The minimum absolute atomic E-state index is 0.00598. The molecular formula is C23H26ClFN2O5. The van der Waals surface area contributed by atoms with Crippen LogP contribution in [0.5, 0.6) is 0 Å². The Bertz CT molecular complexity index is 983. The number of nitrogens with two attached hydrogens (primary N) is 1. The summed E-state index contributed by atoms with van der Waals surface area (Å²) in [7, 11) is 0. The van der Waals surface area contributed by atoms with Gasteiger partial charge < -0.3 is 20.9 Å². The normalized spacial score (nSPS) is 13.7. The topological polar surface area (TPSA) is 119 Å². The largest absolute Gasteiger partial charge is 0.466 e. The quantitative estimate of drug-likeness (QED) is 0.389. The molecule has 7 nitrogen and oxygen atoms in total. The zero-order valence-corrected chi connectivity index (χ0v) is 18.6. The van der Waals surface area contributed by atoms with Crippen molar-refractivity contribution in [3.63, 3.8) is 0 Å². The number of rotatable bonds is 9. The van der Waals surface area contributed by atoms with Crippen LogP contribution in [0, 0.1) is 11.2 Å². The van der Waals surface area contributed by atoms with Gasteiger partial charge in [0.15, 0.2) is 0 Å². The van der Waals surface area contributed by atoms with Gasteiger partial charge in [0, 0.05) is 16.6 Å². The highest BCUT2D eigenvalue weighted by molar-refractivity contribution is 6.34. The van der Waals surface area contributed by atoms with Crippen LogP contribution < -0.4 is 11.1 Å². The van der Waals surface area contributed by atoms with E-state index in [-0.39, 0.29) is 19.4 Å². The molecule has 0 spiro atoms. The van der Waals surface area contributed by atoms with Crippen molar-refractivity contribution >= 4 is 29.4 Å². The van der Waals surface area contributed by atoms with Crippen LogP contribution in [0.4, 0.5) is 4.39 Å². The third-order valence-electron chi connectivity index (χ3n) is 5.05. The van der Waals surface area contributed by atoms with Crippen molar-refractivity contribution in [2.24, 2.45) is 11.1 Å². The van der Waals surface area contributed by atoms with Crippen LogP contribution in [0.25, 0.3) is 11.1 Å². The number of amides is 2. The molecule has 2 aromatic carbocycles. The van der Waals surface area contributed by atoms with E-state index in [0.717, 1.165) is 5.56 Å². The third-order valence-corrected chi connectivity index (χ3v) is 5.28. The molecule has 172 valence electrons. The molecule has 32 heavy (non-hydrogen) atoms. The number of aliphatic hydroxyl groups excluding tert-OH is 1. The molecule has 0 aliphatic rings. The van der Waals surface area contributed by atoms with Gasteiger partial charge in [-0.2, -0.15) is 0 Å². The monoisotopic (exact) mass is 464 g/mol. The SMILES string of the molecule is CCOC(=O)[C@](C)(CO)C[C@@H](Cc1ccc(-c2cc(Cl)ccc2F)cc1)NC(=O)C(N)=O. The molecule has 0 aliphatic carbocycles. The second-order valence-electron chi connectivity index (χ2n) is 7.70. The van der Waals surface area contributed by atoms with Gasteiger partial charge in [0.2, 0.25) is 0 Å². The van der Waals surface area contributed by atoms with Gasteiger partial charge in [-0.15, -0.1) is 0 Å². The van der Waals surface area contributed by atoms with Crippen LogP contribution in [0.1, 0.15) is 25.8 Å². The first-order chi connectivity index (χ1) is 15.1. The number of aliphatic hydroxyl groups is 1. The van der Waals surface area contributed by atoms with E-state index in [1.165, 1.54) is 25.1 Å². The summed E-state index contributed by atoms with van der Waals surface area (Å²) in [5.41, 5.74) is 5.46. The van der Waals surface area contributed by atoms with Gasteiger partial charge in [-0.1, -0.05) is 35.9 Å². The number of carbonyl (C=O) groups excluding carboxylic acids is 3. The van der Waals surface area contributed by atoms with Gasteiger partial charge in [-0.05, 0) is 56.0 Å². The molecule has 0 bridgehead atoms. The van der Waals surface area contributed by atoms with Crippen LogP contribution in [0.2, 0.25) is 5.02 Å². The van der Waals surface area contributed by atoms with Crippen molar-refractivity contribution in [2.75, 3.05) is 13.2 Å². The van der Waals surface area contributed by atoms with Crippen LogP contribution in [-0.2, 0) is 25.5 Å². The Hall–Kier alpha value is -2.97. The zero-order chi connectivity index (χ0) is 23.9. The number of primary amides is 1. The lowest BCUT2D eigenvalue weighted by Gasteiger charge is -2.30. The molecule has 2 amide bonds. The lowest BCUT2D eigenvalue weighted by molar-refractivity contribution is -0.158.